The third-order valence-corrected chi connectivity index (χ3v) is 12.1. The lowest BCUT2D eigenvalue weighted by Gasteiger charge is -2.58. The summed E-state index contributed by atoms with van der Waals surface area (Å²) in [6.45, 7) is 10.3. The Morgan fingerprint density at radius 2 is 2.02 bits per heavy atom. The standard InChI is InChI=1S/C33H49NO6/c1-20(2)28-13-23-14-31(19-35)27-12-11-21(3)26(27)15-32(23,33(28,31)30(36)37)39-18-25-16-34(24-9-7-6-8-10-24)17-29(38-5)22(4)40-25/h9,13,19-23,25-27,29H,6-8,10-12,14-18H2,1-5H3,(H,36,37)/t21-,22-,23+,25-,26-,27-,29+,31+,32+,33+/m1/s1. The first-order valence-corrected chi connectivity index (χ1v) is 15.8. The van der Waals surface area contributed by atoms with E-state index in [0.29, 0.717) is 37.8 Å². The third-order valence-electron chi connectivity index (χ3n) is 12.1. The topological polar surface area (TPSA) is 85.3 Å². The van der Waals surface area contributed by atoms with Gasteiger partial charge in [-0.05, 0) is 75.5 Å². The molecule has 7 nitrogen and oxygen atoms in total. The molecule has 0 aromatic heterocycles. The number of nitrogens with zero attached hydrogens (tertiary/aromatic N) is 1. The van der Waals surface area contributed by atoms with Gasteiger partial charge < -0.3 is 29.0 Å². The highest BCUT2D eigenvalue weighted by Gasteiger charge is 2.85. The number of ether oxygens (including phenoxy) is 3. The molecule has 5 aliphatic carbocycles. The summed E-state index contributed by atoms with van der Waals surface area (Å²) in [6, 6.07) is 0. The lowest BCUT2D eigenvalue weighted by atomic mass is 9.45. The zero-order valence-corrected chi connectivity index (χ0v) is 25.1. The molecule has 0 unspecified atom stereocenters. The van der Waals surface area contributed by atoms with Crippen LogP contribution in [0.3, 0.4) is 0 Å². The number of aliphatic carboxylic acids is 1. The van der Waals surface area contributed by atoms with Gasteiger partial charge in [0, 0.05) is 31.8 Å². The van der Waals surface area contributed by atoms with Crippen LogP contribution in [0.2, 0.25) is 0 Å². The van der Waals surface area contributed by atoms with Crippen molar-refractivity contribution in [3.8, 4) is 0 Å². The molecule has 0 aromatic carbocycles. The highest BCUT2D eigenvalue weighted by Crippen LogP contribution is 2.80. The van der Waals surface area contributed by atoms with Crippen molar-refractivity contribution < 1.29 is 28.9 Å². The summed E-state index contributed by atoms with van der Waals surface area (Å²) >= 11 is 0. The second kappa shape index (κ2) is 10.2. The van der Waals surface area contributed by atoms with Crippen molar-refractivity contribution in [2.24, 2.45) is 40.4 Å². The molecule has 222 valence electrons. The number of hydrogen-bond donors (Lipinski definition) is 1. The zero-order valence-electron chi connectivity index (χ0n) is 25.1. The Kier molecular flexibility index (Phi) is 7.27. The number of rotatable bonds is 8. The monoisotopic (exact) mass is 555 g/mol. The Morgan fingerprint density at radius 1 is 1.23 bits per heavy atom. The van der Waals surface area contributed by atoms with E-state index < -0.39 is 22.4 Å². The molecule has 0 aromatic rings. The molecule has 1 N–H and O–H groups in total. The van der Waals surface area contributed by atoms with E-state index in [0.717, 1.165) is 44.1 Å². The second-order valence-electron chi connectivity index (χ2n) is 14.1. The first-order valence-electron chi connectivity index (χ1n) is 15.8. The quantitative estimate of drug-likeness (QED) is 0.324. The number of methoxy groups -OCH3 is 1. The Labute approximate surface area is 239 Å². The van der Waals surface area contributed by atoms with Crippen molar-refractivity contribution >= 4 is 12.3 Å². The van der Waals surface area contributed by atoms with Crippen LogP contribution in [0.25, 0.3) is 0 Å². The van der Waals surface area contributed by atoms with E-state index in [4.69, 9.17) is 14.2 Å². The van der Waals surface area contributed by atoms with Gasteiger partial charge in [0.1, 0.15) is 17.8 Å². The molecule has 3 saturated carbocycles. The molecule has 0 spiro atoms. The lowest BCUT2D eigenvalue weighted by molar-refractivity contribution is -0.218. The third kappa shape index (κ3) is 3.72. The van der Waals surface area contributed by atoms with Crippen LogP contribution in [0.1, 0.15) is 79.1 Å². The SMILES string of the molecule is CO[C@H]1CN(C2=CCCCC2)C[C@H](CO[C@@]23C[C@@H]4[C@H](C)CC[C@H]4[C@@]4(C=O)C[C@@H]2C=C(C(C)C)[C@@]34C(=O)O)O[C@@H]1C. The van der Waals surface area contributed by atoms with Crippen molar-refractivity contribution in [3.63, 3.8) is 0 Å². The van der Waals surface area contributed by atoms with E-state index in [1.807, 2.05) is 0 Å². The molecule has 6 rings (SSSR count). The molecule has 0 amide bonds. The minimum atomic E-state index is -1.32. The molecule has 7 heteroatoms. The van der Waals surface area contributed by atoms with Crippen LogP contribution in [0.4, 0.5) is 0 Å². The number of allylic oxidation sites excluding steroid dienone is 2. The van der Waals surface area contributed by atoms with Crippen molar-refractivity contribution in [1.82, 2.24) is 4.90 Å². The number of carboxylic acid groups (broad SMARTS) is 1. The summed E-state index contributed by atoms with van der Waals surface area (Å²) in [4.78, 5) is 29.4. The fraction of sp³-hybridized carbons (Fsp3) is 0.818. The normalized spacial score (nSPS) is 46.1. The summed E-state index contributed by atoms with van der Waals surface area (Å²) in [5.41, 5.74) is -0.884. The predicted molar refractivity (Wildman–Crippen MR) is 152 cm³/mol. The van der Waals surface area contributed by atoms with Crippen LogP contribution in [-0.2, 0) is 23.8 Å². The van der Waals surface area contributed by atoms with Gasteiger partial charge in [0.15, 0.2) is 0 Å². The van der Waals surface area contributed by atoms with Gasteiger partial charge in [0.25, 0.3) is 0 Å². The maximum absolute atomic E-state index is 13.7. The Balaban J connectivity index is 1.36. The largest absolute Gasteiger partial charge is 0.480 e. The Hall–Kier alpha value is -1.70. The number of hydrogen-bond acceptors (Lipinski definition) is 6. The number of fused-ring (bicyclic) bond motifs is 2. The van der Waals surface area contributed by atoms with Crippen LogP contribution < -0.4 is 0 Å². The highest BCUT2D eigenvalue weighted by atomic mass is 16.6. The molecule has 4 bridgehead atoms. The molecule has 1 saturated heterocycles. The molecule has 1 aliphatic heterocycles. The molecule has 40 heavy (non-hydrogen) atoms. The van der Waals surface area contributed by atoms with Gasteiger partial charge in [-0.2, -0.15) is 0 Å². The summed E-state index contributed by atoms with van der Waals surface area (Å²) < 4.78 is 19.6. The molecule has 0 radical (unpaired) electrons. The average molecular weight is 556 g/mol. The van der Waals surface area contributed by atoms with E-state index in [2.05, 4.69) is 44.7 Å². The van der Waals surface area contributed by atoms with Gasteiger partial charge in [-0.1, -0.05) is 44.9 Å². The van der Waals surface area contributed by atoms with Crippen LogP contribution in [0.15, 0.2) is 23.4 Å². The van der Waals surface area contributed by atoms with Gasteiger partial charge >= 0.3 is 5.97 Å². The van der Waals surface area contributed by atoms with Crippen LogP contribution in [-0.4, -0.2) is 73.0 Å². The average Bonchev–Trinajstić information content (AvgIpc) is 3.46. The molecule has 10 atom stereocenters. The molecular formula is C33H49NO6. The Bertz CT molecular complexity index is 1080. The molecular weight excluding hydrogens is 506 g/mol. The number of carbonyl (C=O) groups excluding carboxylic acids is 1. The lowest BCUT2D eigenvalue weighted by Crippen LogP contribution is -2.66. The highest BCUT2D eigenvalue weighted by molar-refractivity contribution is 5.91. The number of aldehydes is 1. The van der Waals surface area contributed by atoms with Crippen molar-refractivity contribution in [2.75, 3.05) is 26.8 Å². The molecule has 1 heterocycles. The summed E-state index contributed by atoms with van der Waals surface area (Å²) in [6.07, 6.45) is 13.1. The first-order chi connectivity index (χ1) is 19.1. The van der Waals surface area contributed by atoms with Crippen LogP contribution in [0.5, 0.6) is 0 Å². The molecule has 4 fully saturated rings. The van der Waals surface area contributed by atoms with E-state index in [1.165, 1.54) is 18.5 Å². The van der Waals surface area contributed by atoms with Crippen molar-refractivity contribution in [2.45, 2.75) is 103 Å². The summed E-state index contributed by atoms with van der Waals surface area (Å²) in [5.74, 6) is -0.0469. The fourth-order valence-corrected chi connectivity index (χ4v) is 10.4. The first kappa shape index (κ1) is 28.4. The van der Waals surface area contributed by atoms with E-state index in [9.17, 15) is 14.7 Å². The maximum Gasteiger partial charge on any atom is 0.317 e. The van der Waals surface area contributed by atoms with Gasteiger partial charge in [0.05, 0.1) is 29.8 Å². The van der Waals surface area contributed by atoms with Crippen molar-refractivity contribution in [1.29, 1.82) is 0 Å². The summed E-state index contributed by atoms with van der Waals surface area (Å²) in [5, 5.41) is 11.2. The van der Waals surface area contributed by atoms with E-state index in [1.54, 1.807) is 7.11 Å². The number of carbonyl (C=O) groups is 2. The van der Waals surface area contributed by atoms with Gasteiger partial charge in [-0.3, -0.25) is 4.79 Å². The minimum Gasteiger partial charge on any atom is -0.480 e. The minimum absolute atomic E-state index is 0.0319. The smallest absolute Gasteiger partial charge is 0.317 e. The fourth-order valence-electron chi connectivity index (χ4n) is 10.4. The molecule has 6 aliphatic rings. The van der Waals surface area contributed by atoms with Gasteiger partial charge in [-0.15, -0.1) is 0 Å². The van der Waals surface area contributed by atoms with Gasteiger partial charge in [-0.25, -0.2) is 0 Å². The van der Waals surface area contributed by atoms with Crippen LogP contribution in [0, 0.1) is 40.4 Å². The van der Waals surface area contributed by atoms with Crippen LogP contribution >= 0.6 is 0 Å². The number of carboxylic acids is 1. The predicted octanol–water partition coefficient (Wildman–Crippen LogP) is 5.24. The van der Waals surface area contributed by atoms with Crippen molar-refractivity contribution in [3.05, 3.63) is 23.4 Å². The summed E-state index contributed by atoms with van der Waals surface area (Å²) in [7, 11) is 1.75. The Morgan fingerprint density at radius 3 is 2.67 bits per heavy atom. The maximum atomic E-state index is 13.7. The van der Waals surface area contributed by atoms with E-state index >= 15 is 0 Å². The van der Waals surface area contributed by atoms with Gasteiger partial charge in [0.2, 0.25) is 0 Å². The zero-order chi connectivity index (χ0) is 28.4. The van der Waals surface area contributed by atoms with E-state index in [-0.39, 0.29) is 36.1 Å². The second-order valence-corrected chi connectivity index (χ2v) is 14.1.